The van der Waals surface area contributed by atoms with Crippen molar-refractivity contribution in [3.63, 3.8) is 0 Å². The molecule has 2 nitrogen and oxygen atoms in total. The molecule has 1 aliphatic carbocycles. The van der Waals surface area contributed by atoms with Crippen LogP contribution in [0.25, 0.3) is 0 Å². The highest BCUT2D eigenvalue weighted by molar-refractivity contribution is 6.42. The number of halogens is 2. The maximum atomic E-state index is 10.7. The van der Waals surface area contributed by atoms with E-state index < -0.39 is 6.10 Å². The predicted molar refractivity (Wildman–Crippen MR) is 85.8 cm³/mol. The van der Waals surface area contributed by atoms with Crippen LogP contribution in [-0.2, 0) is 5.41 Å². The van der Waals surface area contributed by atoms with Gasteiger partial charge in [-0.1, -0.05) is 35.7 Å². The van der Waals surface area contributed by atoms with E-state index in [1.807, 2.05) is 18.2 Å². The van der Waals surface area contributed by atoms with Gasteiger partial charge < -0.3 is 10.4 Å². The second kappa shape index (κ2) is 5.84. The number of rotatable bonds is 4. The molecule has 20 heavy (non-hydrogen) atoms. The topological polar surface area (TPSA) is 32.3 Å². The van der Waals surface area contributed by atoms with Gasteiger partial charge in [-0.05, 0) is 51.3 Å². The largest absolute Gasteiger partial charge is 0.391 e. The minimum absolute atomic E-state index is 0.00353. The summed E-state index contributed by atoms with van der Waals surface area (Å²) in [6, 6.07) is 5.72. The highest BCUT2D eigenvalue weighted by atomic mass is 35.5. The number of benzene rings is 1. The van der Waals surface area contributed by atoms with Crippen molar-refractivity contribution in [2.45, 2.75) is 57.1 Å². The van der Waals surface area contributed by atoms with Gasteiger partial charge in [-0.2, -0.15) is 0 Å². The van der Waals surface area contributed by atoms with Crippen LogP contribution in [0.15, 0.2) is 18.2 Å². The van der Waals surface area contributed by atoms with Gasteiger partial charge in [0.15, 0.2) is 0 Å². The van der Waals surface area contributed by atoms with E-state index in [2.05, 4.69) is 26.1 Å². The molecular weight excluding hydrogens is 293 g/mol. The zero-order valence-corrected chi connectivity index (χ0v) is 13.9. The van der Waals surface area contributed by atoms with Gasteiger partial charge in [-0.25, -0.2) is 0 Å². The van der Waals surface area contributed by atoms with E-state index in [-0.39, 0.29) is 11.0 Å². The van der Waals surface area contributed by atoms with E-state index in [1.54, 1.807) is 0 Å². The van der Waals surface area contributed by atoms with E-state index in [0.29, 0.717) is 16.6 Å². The van der Waals surface area contributed by atoms with E-state index in [1.165, 1.54) is 0 Å². The summed E-state index contributed by atoms with van der Waals surface area (Å²) in [4.78, 5) is 0. The lowest BCUT2D eigenvalue weighted by Gasteiger charge is -2.47. The molecule has 0 amide bonds. The third-order valence-corrected chi connectivity index (χ3v) is 4.94. The standard InChI is InChI=1S/C16H23Cl2NO/c1-15(2,3)19-10-14(20)16(7-4-8-16)11-5-6-12(17)13(18)9-11/h5-6,9,14,19-20H,4,7-8,10H2,1-3H3. The van der Waals surface area contributed by atoms with Crippen LogP contribution < -0.4 is 5.32 Å². The summed E-state index contributed by atoms with van der Waals surface area (Å²) >= 11 is 12.1. The number of aliphatic hydroxyl groups is 1. The Morgan fingerprint density at radius 2 is 1.90 bits per heavy atom. The lowest BCUT2D eigenvalue weighted by atomic mass is 9.61. The highest BCUT2D eigenvalue weighted by Gasteiger charge is 2.45. The molecule has 1 unspecified atom stereocenters. The van der Waals surface area contributed by atoms with Crippen molar-refractivity contribution in [2.75, 3.05) is 6.54 Å². The molecule has 0 spiro atoms. The van der Waals surface area contributed by atoms with Crippen molar-refractivity contribution in [2.24, 2.45) is 0 Å². The minimum atomic E-state index is -0.410. The lowest BCUT2D eigenvalue weighted by Crippen LogP contribution is -2.52. The van der Waals surface area contributed by atoms with Crippen molar-refractivity contribution in [3.05, 3.63) is 33.8 Å². The van der Waals surface area contributed by atoms with Crippen molar-refractivity contribution < 1.29 is 5.11 Å². The summed E-state index contributed by atoms with van der Waals surface area (Å²) in [6.45, 7) is 6.90. The molecule has 0 radical (unpaired) electrons. The first kappa shape index (κ1) is 16.1. The second-order valence-corrected chi connectivity index (χ2v) is 7.60. The maximum Gasteiger partial charge on any atom is 0.0761 e. The predicted octanol–water partition coefficient (Wildman–Crippen LogP) is 4.16. The molecule has 1 fully saturated rings. The van der Waals surface area contributed by atoms with Crippen LogP contribution in [0, 0.1) is 0 Å². The summed E-state index contributed by atoms with van der Waals surface area (Å²) in [6.07, 6.45) is 2.73. The number of hydrogen-bond donors (Lipinski definition) is 2. The van der Waals surface area contributed by atoms with E-state index in [4.69, 9.17) is 23.2 Å². The molecule has 1 aromatic rings. The summed E-state index contributed by atoms with van der Waals surface area (Å²) < 4.78 is 0. The molecule has 112 valence electrons. The minimum Gasteiger partial charge on any atom is -0.391 e. The molecule has 1 aromatic carbocycles. The Morgan fingerprint density at radius 1 is 1.25 bits per heavy atom. The first-order valence-electron chi connectivity index (χ1n) is 7.13. The Hall–Kier alpha value is -0.280. The Labute approximate surface area is 131 Å². The molecule has 0 saturated heterocycles. The Bertz CT molecular complexity index is 478. The average molecular weight is 316 g/mol. The summed E-state index contributed by atoms with van der Waals surface area (Å²) in [5.74, 6) is 0. The fraction of sp³-hybridized carbons (Fsp3) is 0.625. The van der Waals surface area contributed by atoms with Crippen LogP contribution >= 0.6 is 23.2 Å². The summed E-state index contributed by atoms with van der Waals surface area (Å²) in [5.41, 5.74) is 0.928. The van der Waals surface area contributed by atoms with Crippen molar-refractivity contribution >= 4 is 23.2 Å². The Kier molecular flexibility index (Phi) is 4.70. The fourth-order valence-corrected chi connectivity index (χ4v) is 3.07. The number of β-amino-alcohol motifs (C(OH)–C–C–N with tert-alkyl or cyclic N) is 1. The van der Waals surface area contributed by atoms with Crippen LogP contribution in [0.4, 0.5) is 0 Å². The van der Waals surface area contributed by atoms with Crippen molar-refractivity contribution in [1.82, 2.24) is 5.32 Å². The molecule has 0 aliphatic heterocycles. The SMILES string of the molecule is CC(C)(C)NCC(O)C1(c2ccc(Cl)c(Cl)c2)CCC1. The van der Waals surface area contributed by atoms with Gasteiger partial charge in [-0.15, -0.1) is 0 Å². The van der Waals surface area contributed by atoms with Crippen molar-refractivity contribution in [3.8, 4) is 0 Å². The van der Waals surface area contributed by atoms with E-state index in [0.717, 1.165) is 24.8 Å². The Balaban J connectivity index is 2.18. The van der Waals surface area contributed by atoms with Crippen LogP contribution in [0.5, 0.6) is 0 Å². The van der Waals surface area contributed by atoms with Crippen LogP contribution in [0.2, 0.25) is 10.0 Å². The summed E-state index contributed by atoms with van der Waals surface area (Å²) in [7, 11) is 0. The first-order valence-corrected chi connectivity index (χ1v) is 7.89. The third-order valence-electron chi connectivity index (χ3n) is 4.20. The van der Waals surface area contributed by atoms with Crippen molar-refractivity contribution in [1.29, 1.82) is 0 Å². The first-order chi connectivity index (χ1) is 9.24. The molecular formula is C16H23Cl2NO. The number of hydrogen-bond acceptors (Lipinski definition) is 2. The van der Waals surface area contributed by atoms with E-state index in [9.17, 15) is 5.11 Å². The van der Waals surface area contributed by atoms with Crippen LogP contribution in [-0.4, -0.2) is 23.3 Å². The lowest BCUT2D eigenvalue weighted by molar-refractivity contribution is 0.0246. The van der Waals surface area contributed by atoms with Gasteiger partial charge in [0.2, 0.25) is 0 Å². The monoisotopic (exact) mass is 315 g/mol. The number of nitrogens with one attached hydrogen (secondary N) is 1. The molecule has 0 aromatic heterocycles. The molecule has 1 aliphatic rings. The zero-order valence-electron chi connectivity index (χ0n) is 12.3. The van der Waals surface area contributed by atoms with Gasteiger partial charge in [0.05, 0.1) is 16.1 Å². The third kappa shape index (κ3) is 3.30. The highest BCUT2D eigenvalue weighted by Crippen LogP contribution is 2.47. The van der Waals surface area contributed by atoms with Crippen LogP contribution in [0.3, 0.4) is 0 Å². The van der Waals surface area contributed by atoms with Gasteiger partial charge in [0, 0.05) is 17.5 Å². The smallest absolute Gasteiger partial charge is 0.0761 e. The molecule has 1 saturated carbocycles. The molecule has 4 heteroatoms. The van der Waals surface area contributed by atoms with Gasteiger partial charge in [0.25, 0.3) is 0 Å². The Morgan fingerprint density at radius 3 is 2.35 bits per heavy atom. The number of aliphatic hydroxyl groups excluding tert-OH is 1. The average Bonchev–Trinajstić information content (AvgIpc) is 2.29. The second-order valence-electron chi connectivity index (χ2n) is 6.79. The summed E-state index contributed by atoms with van der Waals surface area (Å²) in [5, 5.41) is 15.2. The molecule has 0 heterocycles. The molecule has 0 bridgehead atoms. The molecule has 2 rings (SSSR count). The van der Waals surface area contributed by atoms with Gasteiger partial charge in [0.1, 0.15) is 0 Å². The zero-order chi connectivity index (χ0) is 15.0. The molecule has 2 N–H and O–H groups in total. The fourth-order valence-electron chi connectivity index (χ4n) is 2.78. The van der Waals surface area contributed by atoms with Crippen LogP contribution in [0.1, 0.15) is 45.6 Å². The van der Waals surface area contributed by atoms with Gasteiger partial charge >= 0.3 is 0 Å². The van der Waals surface area contributed by atoms with Gasteiger partial charge in [-0.3, -0.25) is 0 Å². The maximum absolute atomic E-state index is 10.7. The molecule has 1 atom stereocenters. The normalized spacial score (nSPS) is 19.5. The quantitative estimate of drug-likeness (QED) is 0.874. The van der Waals surface area contributed by atoms with E-state index >= 15 is 0 Å².